The van der Waals surface area contributed by atoms with Crippen molar-refractivity contribution in [1.82, 2.24) is 4.98 Å². The summed E-state index contributed by atoms with van der Waals surface area (Å²) >= 11 is 0. The Balaban J connectivity index is 2.89. The average molecular weight is 277 g/mol. The molecule has 5 heteroatoms. The van der Waals surface area contributed by atoms with Crippen LogP contribution in [0.1, 0.15) is 48.8 Å². The number of carboxylic acids is 1. The quantitative estimate of drug-likeness (QED) is 0.712. The fourth-order valence-corrected chi connectivity index (χ4v) is 1.94. The molecule has 0 radical (unpaired) electrons. The molecular formula is C15H19NO4. The van der Waals surface area contributed by atoms with E-state index in [0.717, 1.165) is 12.7 Å². The SMILES string of the molecule is CCCC(O)(/C=C/c1cccc(C(=O)O)n1)CCC=O. The van der Waals surface area contributed by atoms with Gasteiger partial charge in [-0.05, 0) is 31.1 Å². The lowest BCUT2D eigenvalue weighted by molar-refractivity contribution is -0.108. The number of rotatable bonds is 8. The van der Waals surface area contributed by atoms with Crippen LogP contribution in [-0.4, -0.2) is 33.1 Å². The third-order valence-corrected chi connectivity index (χ3v) is 2.93. The summed E-state index contributed by atoms with van der Waals surface area (Å²) in [6.07, 6.45) is 5.90. The van der Waals surface area contributed by atoms with Gasteiger partial charge in [-0.25, -0.2) is 9.78 Å². The van der Waals surface area contributed by atoms with Gasteiger partial charge in [0.2, 0.25) is 0 Å². The van der Waals surface area contributed by atoms with Crippen molar-refractivity contribution in [3.05, 3.63) is 35.7 Å². The van der Waals surface area contributed by atoms with E-state index in [1.54, 1.807) is 24.3 Å². The van der Waals surface area contributed by atoms with Crippen molar-refractivity contribution in [3.8, 4) is 0 Å². The van der Waals surface area contributed by atoms with Gasteiger partial charge in [0.15, 0.2) is 0 Å². The summed E-state index contributed by atoms with van der Waals surface area (Å²) in [5.74, 6) is -1.09. The number of carbonyl (C=O) groups excluding carboxylic acids is 1. The van der Waals surface area contributed by atoms with Crippen molar-refractivity contribution in [2.45, 2.75) is 38.2 Å². The van der Waals surface area contributed by atoms with Crippen LogP contribution in [0.3, 0.4) is 0 Å². The highest BCUT2D eigenvalue weighted by Crippen LogP contribution is 2.21. The normalized spacial score (nSPS) is 14.1. The van der Waals surface area contributed by atoms with Crippen LogP contribution >= 0.6 is 0 Å². The van der Waals surface area contributed by atoms with Crippen LogP contribution < -0.4 is 0 Å². The molecule has 108 valence electrons. The maximum Gasteiger partial charge on any atom is 0.354 e. The molecule has 0 saturated carbocycles. The number of carboxylic acid groups (broad SMARTS) is 1. The van der Waals surface area contributed by atoms with E-state index in [1.165, 1.54) is 6.07 Å². The second kappa shape index (κ2) is 7.55. The Morgan fingerprint density at radius 2 is 2.15 bits per heavy atom. The molecule has 1 heterocycles. The number of carbonyl (C=O) groups is 2. The Morgan fingerprint density at radius 1 is 1.40 bits per heavy atom. The number of aliphatic hydroxyl groups is 1. The second-order valence-electron chi connectivity index (χ2n) is 4.65. The summed E-state index contributed by atoms with van der Waals surface area (Å²) in [5.41, 5.74) is -0.638. The molecular weight excluding hydrogens is 258 g/mol. The lowest BCUT2D eigenvalue weighted by Gasteiger charge is -2.23. The largest absolute Gasteiger partial charge is 0.477 e. The highest BCUT2D eigenvalue weighted by Gasteiger charge is 2.21. The molecule has 1 aromatic heterocycles. The van der Waals surface area contributed by atoms with Gasteiger partial charge in [0.25, 0.3) is 0 Å². The first-order valence-corrected chi connectivity index (χ1v) is 6.56. The van der Waals surface area contributed by atoms with Crippen molar-refractivity contribution >= 4 is 18.3 Å². The zero-order valence-corrected chi connectivity index (χ0v) is 11.5. The van der Waals surface area contributed by atoms with E-state index in [4.69, 9.17) is 5.11 Å². The molecule has 0 aromatic carbocycles. The topological polar surface area (TPSA) is 87.5 Å². The molecule has 0 bridgehead atoms. The van der Waals surface area contributed by atoms with Crippen molar-refractivity contribution in [2.75, 3.05) is 0 Å². The number of aromatic carboxylic acids is 1. The number of nitrogens with zero attached hydrogens (tertiary/aromatic N) is 1. The first-order valence-electron chi connectivity index (χ1n) is 6.56. The highest BCUT2D eigenvalue weighted by atomic mass is 16.4. The minimum Gasteiger partial charge on any atom is -0.477 e. The highest BCUT2D eigenvalue weighted by molar-refractivity contribution is 5.85. The van der Waals surface area contributed by atoms with E-state index in [1.807, 2.05) is 6.92 Å². The molecule has 5 nitrogen and oxygen atoms in total. The first kappa shape index (κ1) is 16.0. The summed E-state index contributed by atoms with van der Waals surface area (Å²) in [4.78, 5) is 25.2. The lowest BCUT2D eigenvalue weighted by atomic mass is 9.92. The van der Waals surface area contributed by atoms with Crippen LogP contribution in [-0.2, 0) is 4.79 Å². The summed E-state index contributed by atoms with van der Waals surface area (Å²) in [6, 6.07) is 4.67. The molecule has 0 aliphatic heterocycles. The smallest absolute Gasteiger partial charge is 0.354 e. The molecule has 1 atom stereocenters. The van der Waals surface area contributed by atoms with E-state index in [-0.39, 0.29) is 12.1 Å². The van der Waals surface area contributed by atoms with Crippen LogP contribution in [0.25, 0.3) is 6.08 Å². The van der Waals surface area contributed by atoms with Gasteiger partial charge in [-0.2, -0.15) is 0 Å². The molecule has 20 heavy (non-hydrogen) atoms. The fraction of sp³-hybridized carbons (Fsp3) is 0.400. The molecule has 1 unspecified atom stereocenters. The van der Waals surface area contributed by atoms with Crippen LogP contribution in [0, 0.1) is 0 Å². The van der Waals surface area contributed by atoms with E-state index in [2.05, 4.69) is 4.98 Å². The Morgan fingerprint density at radius 3 is 2.75 bits per heavy atom. The number of pyridine rings is 1. The van der Waals surface area contributed by atoms with E-state index in [0.29, 0.717) is 18.5 Å². The predicted molar refractivity (Wildman–Crippen MR) is 75.4 cm³/mol. The monoisotopic (exact) mass is 277 g/mol. The van der Waals surface area contributed by atoms with Gasteiger partial charge in [-0.1, -0.05) is 25.5 Å². The summed E-state index contributed by atoms with van der Waals surface area (Å²) in [7, 11) is 0. The maximum absolute atomic E-state index is 10.8. The molecule has 0 saturated heterocycles. The number of aldehydes is 1. The van der Waals surface area contributed by atoms with Crippen molar-refractivity contribution < 1.29 is 19.8 Å². The predicted octanol–water partition coefficient (Wildman–Crippen LogP) is 2.30. The van der Waals surface area contributed by atoms with Crippen LogP contribution in [0.4, 0.5) is 0 Å². The Labute approximate surface area is 118 Å². The van der Waals surface area contributed by atoms with Crippen molar-refractivity contribution in [1.29, 1.82) is 0 Å². The molecule has 0 amide bonds. The molecule has 1 aromatic rings. The zero-order valence-electron chi connectivity index (χ0n) is 11.5. The average Bonchev–Trinajstić information content (AvgIpc) is 2.44. The number of hydrogen-bond acceptors (Lipinski definition) is 4. The van der Waals surface area contributed by atoms with Gasteiger partial charge in [-0.15, -0.1) is 0 Å². The molecule has 2 N–H and O–H groups in total. The van der Waals surface area contributed by atoms with Crippen molar-refractivity contribution in [2.24, 2.45) is 0 Å². The lowest BCUT2D eigenvalue weighted by Crippen LogP contribution is -2.25. The van der Waals surface area contributed by atoms with Crippen LogP contribution in [0.5, 0.6) is 0 Å². The van der Waals surface area contributed by atoms with Crippen LogP contribution in [0.2, 0.25) is 0 Å². The standard InChI is InChI=1S/C15H19NO4/c1-2-8-15(20,9-4-11-17)10-7-12-5-3-6-13(16-12)14(18)19/h3,5-7,10-11,20H,2,4,8-9H2,1H3,(H,18,19)/b10-7+. The van der Waals surface area contributed by atoms with Gasteiger partial charge in [0.05, 0.1) is 11.3 Å². The zero-order chi connectivity index (χ0) is 15.0. The molecule has 0 spiro atoms. The number of hydrogen-bond donors (Lipinski definition) is 2. The van der Waals surface area contributed by atoms with Crippen LogP contribution in [0.15, 0.2) is 24.3 Å². The Hall–Kier alpha value is -2.01. The summed E-state index contributed by atoms with van der Waals surface area (Å²) in [5, 5.41) is 19.3. The molecule has 0 aliphatic carbocycles. The minimum atomic E-state index is -1.09. The molecule has 0 fully saturated rings. The molecule has 0 aliphatic rings. The second-order valence-corrected chi connectivity index (χ2v) is 4.65. The van der Waals surface area contributed by atoms with E-state index >= 15 is 0 Å². The Bertz CT molecular complexity index is 498. The maximum atomic E-state index is 10.8. The minimum absolute atomic E-state index is 0.0425. The van der Waals surface area contributed by atoms with Crippen molar-refractivity contribution in [3.63, 3.8) is 0 Å². The number of aromatic nitrogens is 1. The first-order chi connectivity index (χ1) is 9.50. The van der Waals surface area contributed by atoms with Gasteiger partial charge < -0.3 is 15.0 Å². The van der Waals surface area contributed by atoms with Gasteiger partial charge in [-0.3, -0.25) is 0 Å². The molecule has 1 rings (SSSR count). The van der Waals surface area contributed by atoms with Gasteiger partial charge in [0.1, 0.15) is 12.0 Å². The van der Waals surface area contributed by atoms with E-state index in [9.17, 15) is 14.7 Å². The van der Waals surface area contributed by atoms with E-state index < -0.39 is 11.6 Å². The summed E-state index contributed by atoms with van der Waals surface area (Å²) in [6.45, 7) is 1.95. The Kier molecular flexibility index (Phi) is 6.06. The van der Waals surface area contributed by atoms with Gasteiger partial charge in [0, 0.05) is 6.42 Å². The fourth-order valence-electron chi connectivity index (χ4n) is 1.94. The van der Waals surface area contributed by atoms with Gasteiger partial charge >= 0.3 is 5.97 Å². The third kappa shape index (κ3) is 4.93. The third-order valence-electron chi connectivity index (χ3n) is 2.93. The summed E-state index contributed by atoms with van der Waals surface area (Å²) < 4.78 is 0.